The molecule has 0 spiro atoms. The number of amides is 1. The first-order chi connectivity index (χ1) is 9.23. The number of carbonyl (C=O) groups excluding carboxylic acids is 2. The predicted octanol–water partition coefficient (Wildman–Crippen LogP) is 3.04. The summed E-state index contributed by atoms with van der Waals surface area (Å²) in [5.41, 5.74) is 1.42. The van der Waals surface area contributed by atoms with Crippen LogP contribution in [0.25, 0.3) is 0 Å². The van der Waals surface area contributed by atoms with Crippen LogP contribution in [0.5, 0.6) is 0 Å². The third-order valence-electron chi connectivity index (χ3n) is 2.56. The zero-order valence-corrected chi connectivity index (χ0v) is 12.7. The van der Waals surface area contributed by atoms with Crippen LogP contribution < -0.4 is 5.32 Å². The molecule has 1 N–H and O–H groups in total. The molecule has 1 rings (SSSR count). The summed E-state index contributed by atoms with van der Waals surface area (Å²) >= 11 is 0. The van der Waals surface area contributed by atoms with Gasteiger partial charge in [-0.15, -0.1) is 0 Å². The fraction of sp³-hybridized carbons (Fsp3) is 0.533. The van der Waals surface area contributed by atoms with E-state index in [1.807, 2.05) is 19.9 Å². The first-order valence-corrected chi connectivity index (χ1v) is 6.65. The second-order valence-corrected chi connectivity index (χ2v) is 5.91. The number of aromatic nitrogens is 1. The molecule has 0 aliphatic rings. The van der Waals surface area contributed by atoms with E-state index in [-0.39, 0.29) is 12.5 Å². The van der Waals surface area contributed by atoms with Gasteiger partial charge in [0.15, 0.2) is 6.29 Å². The molecule has 1 aromatic heterocycles. The Morgan fingerprint density at radius 2 is 2.05 bits per heavy atom. The van der Waals surface area contributed by atoms with Gasteiger partial charge in [0.2, 0.25) is 0 Å². The van der Waals surface area contributed by atoms with Crippen molar-refractivity contribution in [2.45, 2.75) is 52.7 Å². The van der Waals surface area contributed by atoms with Crippen molar-refractivity contribution < 1.29 is 14.3 Å². The van der Waals surface area contributed by atoms with Crippen LogP contribution in [-0.2, 0) is 11.3 Å². The Morgan fingerprint density at radius 1 is 1.40 bits per heavy atom. The van der Waals surface area contributed by atoms with Gasteiger partial charge in [0, 0.05) is 0 Å². The summed E-state index contributed by atoms with van der Waals surface area (Å²) in [6, 6.07) is 3.67. The van der Waals surface area contributed by atoms with Gasteiger partial charge in [-0.05, 0) is 38.3 Å². The lowest BCUT2D eigenvalue weighted by Gasteiger charge is -2.19. The minimum atomic E-state index is -0.535. The lowest BCUT2D eigenvalue weighted by Crippen LogP contribution is -2.32. The maximum absolute atomic E-state index is 11.5. The Hall–Kier alpha value is -1.91. The van der Waals surface area contributed by atoms with Crippen molar-refractivity contribution in [1.29, 1.82) is 0 Å². The fourth-order valence-corrected chi connectivity index (χ4v) is 1.69. The molecule has 1 amide bonds. The second kappa shape index (κ2) is 6.50. The molecular formula is C15H22N2O3. The largest absolute Gasteiger partial charge is 0.444 e. The molecule has 0 radical (unpaired) electrons. The van der Waals surface area contributed by atoms with Crippen molar-refractivity contribution in [2.24, 2.45) is 0 Å². The van der Waals surface area contributed by atoms with Crippen LogP contribution in [0, 0.1) is 0 Å². The molecule has 0 atom stereocenters. The van der Waals surface area contributed by atoms with E-state index in [2.05, 4.69) is 10.3 Å². The van der Waals surface area contributed by atoms with Gasteiger partial charge in [0.05, 0.1) is 12.2 Å². The summed E-state index contributed by atoms with van der Waals surface area (Å²) in [5.74, 6) is 0.232. The van der Waals surface area contributed by atoms with Crippen LogP contribution in [0.4, 0.5) is 4.79 Å². The predicted molar refractivity (Wildman–Crippen MR) is 76.8 cm³/mol. The van der Waals surface area contributed by atoms with Crippen molar-refractivity contribution >= 4 is 12.4 Å². The van der Waals surface area contributed by atoms with Crippen LogP contribution in [0.15, 0.2) is 12.1 Å². The SMILES string of the molecule is CC(C)c1ccc(CNC(=O)OC(C)(C)C)nc1C=O. The molecule has 0 fully saturated rings. The van der Waals surface area contributed by atoms with Gasteiger partial charge in [-0.2, -0.15) is 0 Å². The zero-order valence-electron chi connectivity index (χ0n) is 12.7. The molecule has 5 nitrogen and oxygen atoms in total. The van der Waals surface area contributed by atoms with Crippen molar-refractivity contribution in [3.63, 3.8) is 0 Å². The van der Waals surface area contributed by atoms with Gasteiger partial charge in [0.25, 0.3) is 0 Å². The zero-order chi connectivity index (χ0) is 15.3. The Balaban J connectivity index is 2.70. The fourth-order valence-electron chi connectivity index (χ4n) is 1.69. The van der Waals surface area contributed by atoms with Gasteiger partial charge in [-0.3, -0.25) is 4.79 Å². The first kappa shape index (κ1) is 16.1. The van der Waals surface area contributed by atoms with Gasteiger partial charge in [-0.1, -0.05) is 19.9 Å². The van der Waals surface area contributed by atoms with Gasteiger partial charge in [-0.25, -0.2) is 9.78 Å². The van der Waals surface area contributed by atoms with E-state index in [0.29, 0.717) is 11.4 Å². The summed E-state index contributed by atoms with van der Waals surface area (Å²) < 4.78 is 5.13. The minimum absolute atomic E-state index is 0.230. The summed E-state index contributed by atoms with van der Waals surface area (Å²) in [7, 11) is 0. The number of alkyl carbamates (subject to hydrolysis) is 1. The molecule has 110 valence electrons. The highest BCUT2D eigenvalue weighted by Crippen LogP contribution is 2.17. The molecule has 0 aliphatic carbocycles. The number of nitrogens with zero attached hydrogens (tertiary/aromatic N) is 1. The van der Waals surface area contributed by atoms with E-state index in [9.17, 15) is 9.59 Å². The van der Waals surface area contributed by atoms with E-state index in [4.69, 9.17) is 4.74 Å². The monoisotopic (exact) mass is 278 g/mol. The van der Waals surface area contributed by atoms with Crippen LogP contribution >= 0.6 is 0 Å². The van der Waals surface area contributed by atoms with Gasteiger partial charge in [0.1, 0.15) is 11.3 Å². The molecule has 0 saturated carbocycles. The molecule has 5 heteroatoms. The summed E-state index contributed by atoms with van der Waals surface area (Å²) in [6.07, 6.45) is 0.242. The lowest BCUT2D eigenvalue weighted by atomic mass is 10.0. The average Bonchev–Trinajstić information content (AvgIpc) is 2.33. The van der Waals surface area contributed by atoms with E-state index in [0.717, 1.165) is 11.8 Å². The van der Waals surface area contributed by atoms with Gasteiger partial charge < -0.3 is 10.1 Å². The number of ether oxygens (including phenoxy) is 1. The highest BCUT2D eigenvalue weighted by atomic mass is 16.6. The van der Waals surface area contributed by atoms with E-state index in [1.54, 1.807) is 26.8 Å². The highest BCUT2D eigenvalue weighted by Gasteiger charge is 2.16. The number of pyridine rings is 1. The molecule has 1 aromatic rings. The Bertz CT molecular complexity index is 490. The minimum Gasteiger partial charge on any atom is -0.444 e. The number of aldehydes is 1. The van der Waals surface area contributed by atoms with Crippen molar-refractivity contribution in [2.75, 3.05) is 0 Å². The van der Waals surface area contributed by atoms with Crippen molar-refractivity contribution in [3.05, 3.63) is 29.1 Å². The second-order valence-electron chi connectivity index (χ2n) is 5.91. The Morgan fingerprint density at radius 3 is 2.55 bits per heavy atom. The molecule has 0 aliphatic heterocycles. The lowest BCUT2D eigenvalue weighted by molar-refractivity contribution is 0.0523. The van der Waals surface area contributed by atoms with Gasteiger partial charge >= 0.3 is 6.09 Å². The maximum atomic E-state index is 11.5. The number of hydrogen-bond acceptors (Lipinski definition) is 4. The van der Waals surface area contributed by atoms with E-state index >= 15 is 0 Å². The van der Waals surface area contributed by atoms with Crippen molar-refractivity contribution in [1.82, 2.24) is 10.3 Å². The van der Waals surface area contributed by atoms with E-state index in [1.165, 1.54) is 0 Å². The molecule has 0 bridgehead atoms. The number of nitrogens with one attached hydrogen (secondary N) is 1. The molecule has 1 heterocycles. The molecular weight excluding hydrogens is 256 g/mol. The molecule has 20 heavy (non-hydrogen) atoms. The third kappa shape index (κ3) is 4.99. The van der Waals surface area contributed by atoms with Crippen LogP contribution in [-0.4, -0.2) is 23.0 Å². The van der Waals surface area contributed by atoms with Crippen LogP contribution in [0.3, 0.4) is 0 Å². The smallest absolute Gasteiger partial charge is 0.407 e. The topological polar surface area (TPSA) is 68.3 Å². The maximum Gasteiger partial charge on any atom is 0.407 e. The molecule has 0 unspecified atom stereocenters. The van der Waals surface area contributed by atoms with E-state index < -0.39 is 11.7 Å². The van der Waals surface area contributed by atoms with Crippen LogP contribution in [0.1, 0.15) is 62.3 Å². The molecule has 0 saturated heterocycles. The average molecular weight is 278 g/mol. The van der Waals surface area contributed by atoms with Crippen LogP contribution in [0.2, 0.25) is 0 Å². The Kier molecular flexibility index (Phi) is 5.25. The standard InChI is InChI=1S/C15H22N2O3/c1-10(2)12-7-6-11(17-13(12)9-18)8-16-14(19)20-15(3,4)5/h6-7,9-10H,8H2,1-5H3,(H,16,19). The quantitative estimate of drug-likeness (QED) is 0.859. The summed E-state index contributed by atoms with van der Waals surface area (Å²) in [5, 5.41) is 2.62. The summed E-state index contributed by atoms with van der Waals surface area (Å²) in [6.45, 7) is 9.63. The third-order valence-corrected chi connectivity index (χ3v) is 2.56. The summed E-state index contributed by atoms with van der Waals surface area (Å²) in [4.78, 5) is 26.8. The highest BCUT2D eigenvalue weighted by molar-refractivity contribution is 5.74. The number of hydrogen-bond donors (Lipinski definition) is 1. The number of rotatable bonds is 4. The first-order valence-electron chi connectivity index (χ1n) is 6.65. The van der Waals surface area contributed by atoms with Crippen molar-refractivity contribution in [3.8, 4) is 0 Å². The molecule has 0 aromatic carbocycles. The number of carbonyl (C=O) groups is 2. The Labute approximate surface area is 119 Å². The normalized spacial score (nSPS) is 11.3.